The largest absolute Gasteiger partial charge is 0.400 e. The molecule has 0 fully saturated rings. The zero-order valence-corrected chi connectivity index (χ0v) is 7.15. The molecule has 0 aromatic rings. The molecule has 0 spiro atoms. The van der Waals surface area contributed by atoms with Crippen LogP contribution in [0.25, 0.3) is 0 Å². The summed E-state index contributed by atoms with van der Waals surface area (Å²) in [5.41, 5.74) is 0. The highest BCUT2D eigenvalue weighted by Gasteiger charge is 1.88. The van der Waals surface area contributed by atoms with E-state index in [1.165, 1.54) is 19.3 Å². The number of aliphatic hydroxyl groups excluding tert-OH is 1. The lowest BCUT2D eigenvalue weighted by atomic mass is 10.1. The molecule has 0 aliphatic carbocycles. The zero-order chi connectivity index (χ0) is 7.70. The molecule has 1 nitrogen and oxygen atoms in total. The van der Waals surface area contributed by atoms with Crippen LogP contribution in [-0.4, -0.2) is 12.2 Å². The molecule has 0 aromatic carbocycles. The SMILES string of the molecule is CCCCC(C)C.CO. The lowest BCUT2D eigenvalue weighted by Gasteiger charge is -1.98. The summed E-state index contributed by atoms with van der Waals surface area (Å²) in [7, 11) is 1.00. The van der Waals surface area contributed by atoms with E-state index in [0.29, 0.717) is 0 Å². The maximum atomic E-state index is 7.00. The van der Waals surface area contributed by atoms with E-state index in [1.807, 2.05) is 0 Å². The number of hydrogen-bond donors (Lipinski definition) is 1. The second-order valence-corrected chi connectivity index (χ2v) is 2.54. The first-order chi connectivity index (χ1) is 4.27. The van der Waals surface area contributed by atoms with Gasteiger partial charge in [0.1, 0.15) is 0 Å². The third-order valence-corrected chi connectivity index (χ3v) is 1.14. The predicted octanol–water partition coefficient (Wildman–Crippen LogP) is 2.44. The summed E-state index contributed by atoms with van der Waals surface area (Å²) >= 11 is 0. The Bertz CT molecular complexity index is 33.5. The van der Waals surface area contributed by atoms with Gasteiger partial charge in [0.05, 0.1) is 0 Å². The first-order valence-corrected chi connectivity index (χ1v) is 3.72. The molecular weight excluding hydrogens is 112 g/mol. The van der Waals surface area contributed by atoms with Crippen molar-refractivity contribution in [1.29, 1.82) is 0 Å². The minimum atomic E-state index is 0.903. The molecule has 0 radical (unpaired) electrons. The molecule has 0 heterocycles. The Kier molecular flexibility index (Phi) is 14.1. The second-order valence-electron chi connectivity index (χ2n) is 2.54. The molecular formula is C8H20O. The predicted molar refractivity (Wildman–Crippen MR) is 42.5 cm³/mol. The van der Waals surface area contributed by atoms with E-state index in [0.717, 1.165) is 13.0 Å². The van der Waals surface area contributed by atoms with E-state index >= 15 is 0 Å². The number of unbranched alkanes of at least 4 members (excludes halogenated alkanes) is 1. The van der Waals surface area contributed by atoms with Gasteiger partial charge in [0.15, 0.2) is 0 Å². The van der Waals surface area contributed by atoms with Gasteiger partial charge in [-0.15, -0.1) is 0 Å². The fourth-order valence-electron chi connectivity index (χ4n) is 0.612. The van der Waals surface area contributed by atoms with E-state index in [2.05, 4.69) is 20.8 Å². The molecule has 0 bridgehead atoms. The van der Waals surface area contributed by atoms with Crippen molar-refractivity contribution in [2.45, 2.75) is 40.0 Å². The zero-order valence-electron chi connectivity index (χ0n) is 7.15. The van der Waals surface area contributed by atoms with Gasteiger partial charge in [-0.1, -0.05) is 40.0 Å². The maximum Gasteiger partial charge on any atom is 0.0319 e. The van der Waals surface area contributed by atoms with Crippen LogP contribution in [0.2, 0.25) is 0 Å². The van der Waals surface area contributed by atoms with Crippen molar-refractivity contribution in [2.24, 2.45) is 5.92 Å². The highest BCUT2D eigenvalue weighted by molar-refractivity contribution is 4.42. The van der Waals surface area contributed by atoms with E-state index in [-0.39, 0.29) is 0 Å². The molecule has 0 saturated heterocycles. The van der Waals surface area contributed by atoms with Crippen LogP contribution in [0.3, 0.4) is 0 Å². The summed E-state index contributed by atoms with van der Waals surface area (Å²) in [6.07, 6.45) is 4.15. The summed E-state index contributed by atoms with van der Waals surface area (Å²) in [6.45, 7) is 6.79. The Morgan fingerprint density at radius 2 is 1.67 bits per heavy atom. The minimum absolute atomic E-state index is 0.903. The quantitative estimate of drug-likeness (QED) is 0.625. The van der Waals surface area contributed by atoms with Crippen molar-refractivity contribution >= 4 is 0 Å². The third-order valence-electron chi connectivity index (χ3n) is 1.14. The Morgan fingerprint density at radius 3 is 1.78 bits per heavy atom. The molecule has 1 N–H and O–H groups in total. The third kappa shape index (κ3) is 18.0. The Balaban J connectivity index is 0. The summed E-state index contributed by atoms with van der Waals surface area (Å²) in [5.74, 6) is 0.903. The normalized spacial score (nSPS) is 8.67. The standard InChI is InChI=1S/C7H16.CH4O/c1-4-5-6-7(2)3;1-2/h7H,4-6H2,1-3H3;2H,1H3. The Morgan fingerprint density at radius 1 is 1.22 bits per heavy atom. The molecule has 58 valence electrons. The molecule has 0 aliphatic heterocycles. The summed E-state index contributed by atoms with van der Waals surface area (Å²) in [4.78, 5) is 0. The van der Waals surface area contributed by atoms with Crippen molar-refractivity contribution in [1.82, 2.24) is 0 Å². The van der Waals surface area contributed by atoms with Gasteiger partial charge >= 0.3 is 0 Å². The van der Waals surface area contributed by atoms with E-state index in [1.54, 1.807) is 0 Å². The van der Waals surface area contributed by atoms with Crippen LogP contribution in [0.1, 0.15) is 40.0 Å². The Hall–Kier alpha value is -0.0400. The van der Waals surface area contributed by atoms with Crippen molar-refractivity contribution in [3.8, 4) is 0 Å². The van der Waals surface area contributed by atoms with Crippen LogP contribution in [-0.2, 0) is 0 Å². The number of rotatable bonds is 3. The van der Waals surface area contributed by atoms with Crippen molar-refractivity contribution in [3.63, 3.8) is 0 Å². The molecule has 0 amide bonds. The fraction of sp³-hybridized carbons (Fsp3) is 1.00. The second kappa shape index (κ2) is 10.9. The molecule has 9 heavy (non-hydrogen) atoms. The minimum Gasteiger partial charge on any atom is -0.400 e. The molecule has 1 heteroatoms. The maximum absolute atomic E-state index is 7.00. The van der Waals surface area contributed by atoms with E-state index < -0.39 is 0 Å². The van der Waals surface area contributed by atoms with Crippen molar-refractivity contribution < 1.29 is 5.11 Å². The van der Waals surface area contributed by atoms with Crippen LogP contribution in [0.15, 0.2) is 0 Å². The van der Waals surface area contributed by atoms with Crippen molar-refractivity contribution in [3.05, 3.63) is 0 Å². The van der Waals surface area contributed by atoms with Gasteiger partial charge in [-0.05, 0) is 5.92 Å². The van der Waals surface area contributed by atoms with Crippen LogP contribution in [0.4, 0.5) is 0 Å². The van der Waals surface area contributed by atoms with Gasteiger partial charge in [-0.3, -0.25) is 0 Å². The van der Waals surface area contributed by atoms with E-state index in [4.69, 9.17) is 5.11 Å². The van der Waals surface area contributed by atoms with Gasteiger partial charge in [-0.25, -0.2) is 0 Å². The van der Waals surface area contributed by atoms with Gasteiger partial charge in [0, 0.05) is 7.11 Å². The molecule has 0 saturated carbocycles. The Labute approximate surface area is 59.1 Å². The average Bonchev–Trinajstić information content (AvgIpc) is 1.88. The average molecular weight is 132 g/mol. The van der Waals surface area contributed by atoms with E-state index in [9.17, 15) is 0 Å². The van der Waals surface area contributed by atoms with Gasteiger partial charge < -0.3 is 5.11 Å². The van der Waals surface area contributed by atoms with Crippen molar-refractivity contribution in [2.75, 3.05) is 7.11 Å². The first-order valence-electron chi connectivity index (χ1n) is 3.72. The monoisotopic (exact) mass is 132 g/mol. The summed E-state index contributed by atoms with van der Waals surface area (Å²) < 4.78 is 0. The first kappa shape index (κ1) is 11.7. The van der Waals surface area contributed by atoms with Crippen LogP contribution in [0.5, 0.6) is 0 Å². The molecule has 0 unspecified atom stereocenters. The van der Waals surface area contributed by atoms with Crippen LogP contribution in [0, 0.1) is 5.92 Å². The van der Waals surface area contributed by atoms with Gasteiger partial charge in [-0.2, -0.15) is 0 Å². The summed E-state index contributed by atoms with van der Waals surface area (Å²) in [5, 5.41) is 7.00. The van der Waals surface area contributed by atoms with Crippen LogP contribution < -0.4 is 0 Å². The lowest BCUT2D eigenvalue weighted by molar-refractivity contribution is 0.399. The highest BCUT2D eigenvalue weighted by Crippen LogP contribution is 2.04. The molecule has 0 rings (SSSR count). The lowest BCUT2D eigenvalue weighted by Crippen LogP contribution is -1.83. The highest BCUT2D eigenvalue weighted by atomic mass is 16.2. The smallest absolute Gasteiger partial charge is 0.0319 e. The molecule has 0 atom stereocenters. The number of aliphatic hydroxyl groups is 1. The van der Waals surface area contributed by atoms with Gasteiger partial charge in [0.25, 0.3) is 0 Å². The fourth-order valence-corrected chi connectivity index (χ4v) is 0.612. The van der Waals surface area contributed by atoms with Gasteiger partial charge in [0.2, 0.25) is 0 Å². The topological polar surface area (TPSA) is 20.2 Å². The summed E-state index contributed by atoms with van der Waals surface area (Å²) in [6, 6.07) is 0. The number of hydrogen-bond acceptors (Lipinski definition) is 1. The van der Waals surface area contributed by atoms with Crippen LogP contribution >= 0.6 is 0 Å². The molecule has 0 aromatic heterocycles. The molecule has 0 aliphatic rings.